The number of hydrogen-bond acceptors (Lipinski definition) is 4. The Labute approximate surface area is 123 Å². The van der Waals surface area contributed by atoms with Gasteiger partial charge in [-0.25, -0.2) is 0 Å². The third kappa shape index (κ3) is 2.62. The van der Waals surface area contributed by atoms with Crippen LogP contribution in [0.5, 0.6) is 5.75 Å². The molecule has 1 aliphatic rings. The zero-order chi connectivity index (χ0) is 14.9. The zero-order valence-corrected chi connectivity index (χ0v) is 12.2. The molecule has 0 aromatic heterocycles. The molecule has 3 rings (SSSR count). The maximum Gasteiger partial charge on any atom is 0.286 e. The summed E-state index contributed by atoms with van der Waals surface area (Å²) in [5, 5.41) is 3.05. The third-order valence-corrected chi connectivity index (χ3v) is 4.40. The maximum atomic E-state index is 12.2. The minimum Gasteiger partial charge on any atom is -0.494 e. The molecular formula is C15H14N2O3S. The summed E-state index contributed by atoms with van der Waals surface area (Å²) >= 11 is 0. The number of amidine groups is 1. The van der Waals surface area contributed by atoms with Gasteiger partial charge in [-0.15, -0.1) is 4.40 Å². The van der Waals surface area contributed by atoms with Crippen molar-refractivity contribution in [2.45, 2.75) is 11.8 Å². The Kier molecular flexibility index (Phi) is 3.39. The molecule has 0 radical (unpaired) electrons. The number of nitrogens with one attached hydrogen (secondary N) is 1. The predicted molar refractivity (Wildman–Crippen MR) is 81.4 cm³/mol. The van der Waals surface area contributed by atoms with E-state index in [0.717, 1.165) is 5.75 Å². The molecule has 6 heteroatoms. The van der Waals surface area contributed by atoms with Gasteiger partial charge in [0.05, 0.1) is 12.3 Å². The van der Waals surface area contributed by atoms with Crippen molar-refractivity contribution in [3.63, 3.8) is 0 Å². The van der Waals surface area contributed by atoms with Gasteiger partial charge in [-0.05, 0) is 43.3 Å². The number of ether oxygens (including phenoxy) is 1. The van der Waals surface area contributed by atoms with E-state index in [-0.39, 0.29) is 4.90 Å². The first-order valence-corrected chi connectivity index (χ1v) is 7.98. The van der Waals surface area contributed by atoms with E-state index < -0.39 is 10.0 Å². The fourth-order valence-electron chi connectivity index (χ4n) is 2.12. The SMILES string of the molecule is CCOc1ccc(C2=NS(=O)(=O)c3ccccc3N2)cc1. The van der Waals surface area contributed by atoms with Crippen LogP contribution in [0.15, 0.2) is 57.8 Å². The second kappa shape index (κ2) is 5.21. The van der Waals surface area contributed by atoms with Crippen molar-refractivity contribution in [3.8, 4) is 5.75 Å². The van der Waals surface area contributed by atoms with Crippen LogP contribution in [0.25, 0.3) is 0 Å². The second-order valence-electron chi connectivity index (χ2n) is 4.49. The van der Waals surface area contributed by atoms with E-state index in [1.165, 1.54) is 6.07 Å². The summed E-state index contributed by atoms with van der Waals surface area (Å²) in [5.41, 5.74) is 1.23. The Hall–Kier alpha value is -2.34. The topological polar surface area (TPSA) is 67.8 Å². The summed E-state index contributed by atoms with van der Waals surface area (Å²) in [4.78, 5) is 0.194. The van der Waals surface area contributed by atoms with Crippen LogP contribution < -0.4 is 10.1 Å². The van der Waals surface area contributed by atoms with Crippen molar-refractivity contribution >= 4 is 21.5 Å². The Morgan fingerprint density at radius 2 is 1.81 bits per heavy atom. The standard InChI is InChI=1S/C15H14N2O3S/c1-2-20-12-9-7-11(8-10-12)15-16-13-5-3-4-6-14(13)21(18,19)17-15/h3-10H,2H2,1H3,(H,16,17). The molecule has 0 unspecified atom stereocenters. The van der Waals surface area contributed by atoms with E-state index in [4.69, 9.17) is 4.74 Å². The van der Waals surface area contributed by atoms with Crippen molar-refractivity contribution in [1.82, 2.24) is 0 Å². The van der Waals surface area contributed by atoms with Crippen molar-refractivity contribution in [1.29, 1.82) is 0 Å². The van der Waals surface area contributed by atoms with Gasteiger partial charge < -0.3 is 10.1 Å². The number of rotatable bonds is 3. The summed E-state index contributed by atoms with van der Waals surface area (Å²) in [6, 6.07) is 13.8. The molecular weight excluding hydrogens is 288 g/mol. The number of fused-ring (bicyclic) bond motifs is 1. The van der Waals surface area contributed by atoms with E-state index in [0.29, 0.717) is 23.7 Å². The predicted octanol–water partition coefficient (Wildman–Crippen LogP) is 2.65. The first-order valence-electron chi connectivity index (χ1n) is 6.54. The van der Waals surface area contributed by atoms with Crippen LogP contribution in [0.1, 0.15) is 12.5 Å². The molecule has 0 spiro atoms. The fraction of sp³-hybridized carbons (Fsp3) is 0.133. The molecule has 0 atom stereocenters. The highest BCUT2D eigenvalue weighted by molar-refractivity contribution is 7.90. The van der Waals surface area contributed by atoms with Gasteiger partial charge in [0, 0.05) is 5.56 Å². The number of nitrogens with zero attached hydrogens (tertiary/aromatic N) is 1. The van der Waals surface area contributed by atoms with Crippen LogP contribution in [0.3, 0.4) is 0 Å². The largest absolute Gasteiger partial charge is 0.494 e. The van der Waals surface area contributed by atoms with Crippen molar-refractivity contribution < 1.29 is 13.2 Å². The quantitative estimate of drug-likeness (QED) is 0.946. The molecule has 21 heavy (non-hydrogen) atoms. The maximum absolute atomic E-state index is 12.2. The second-order valence-corrected chi connectivity index (χ2v) is 6.07. The molecule has 5 nitrogen and oxygen atoms in total. The third-order valence-electron chi connectivity index (χ3n) is 3.07. The van der Waals surface area contributed by atoms with Crippen molar-refractivity contribution in [2.75, 3.05) is 11.9 Å². The molecule has 0 fully saturated rings. The lowest BCUT2D eigenvalue weighted by molar-refractivity contribution is 0.340. The van der Waals surface area contributed by atoms with Crippen LogP contribution in [0.4, 0.5) is 5.69 Å². The molecule has 0 saturated heterocycles. The minimum atomic E-state index is -3.67. The van der Waals surface area contributed by atoms with Crippen LogP contribution in [-0.4, -0.2) is 20.9 Å². The summed E-state index contributed by atoms with van der Waals surface area (Å²) < 4.78 is 33.6. The highest BCUT2D eigenvalue weighted by Gasteiger charge is 2.24. The smallest absolute Gasteiger partial charge is 0.286 e. The van der Waals surface area contributed by atoms with Gasteiger partial charge in [-0.3, -0.25) is 0 Å². The average Bonchev–Trinajstić information content (AvgIpc) is 2.48. The number of anilines is 1. The molecule has 0 aliphatic carbocycles. The van der Waals surface area contributed by atoms with Crippen molar-refractivity contribution in [2.24, 2.45) is 4.40 Å². The molecule has 2 aromatic carbocycles. The van der Waals surface area contributed by atoms with Gasteiger partial charge in [0.2, 0.25) is 0 Å². The monoisotopic (exact) mass is 302 g/mol. The van der Waals surface area contributed by atoms with E-state index in [1.54, 1.807) is 42.5 Å². The summed E-state index contributed by atoms with van der Waals surface area (Å²) in [6.07, 6.45) is 0. The van der Waals surface area contributed by atoms with Crippen molar-refractivity contribution in [3.05, 3.63) is 54.1 Å². The Morgan fingerprint density at radius 3 is 2.52 bits per heavy atom. The van der Waals surface area contributed by atoms with E-state index >= 15 is 0 Å². The number of para-hydroxylation sites is 1. The van der Waals surface area contributed by atoms with Gasteiger partial charge >= 0.3 is 0 Å². The summed E-state index contributed by atoms with van der Waals surface area (Å²) in [6.45, 7) is 2.49. The number of benzene rings is 2. The molecule has 1 aliphatic heterocycles. The Balaban J connectivity index is 1.99. The van der Waals surface area contributed by atoms with E-state index in [2.05, 4.69) is 9.71 Å². The normalized spacial score (nSPS) is 15.6. The van der Waals surface area contributed by atoms with Crippen LogP contribution in [0.2, 0.25) is 0 Å². The van der Waals surface area contributed by atoms with Crippen LogP contribution in [0, 0.1) is 0 Å². The summed E-state index contributed by atoms with van der Waals surface area (Å²) in [5.74, 6) is 1.05. The molecule has 0 amide bonds. The van der Waals surface area contributed by atoms with Gasteiger partial charge in [0.1, 0.15) is 10.6 Å². The Bertz CT molecular complexity index is 796. The molecule has 0 saturated carbocycles. The van der Waals surface area contributed by atoms with E-state index in [1.807, 2.05) is 6.92 Å². The number of hydrogen-bond donors (Lipinski definition) is 1. The molecule has 1 N–H and O–H groups in total. The average molecular weight is 302 g/mol. The molecule has 0 bridgehead atoms. The molecule has 1 heterocycles. The van der Waals surface area contributed by atoms with Gasteiger partial charge in [0.15, 0.2) is 5.84 Å². The van der Waals surface area contributed by atoms with Crippen LogP contribution >= 0.6 is 0 Å². The van der Waals surface area contributed by atoms with Gasteiger partial charge in [-0.2, -0.15) is 8.42 Å². The molecule has 2 aromatic rings. The first kappa shape index (κ1) is 13.6. The van der Waals surface area contributed by atoms with E-state index in [9.17, 15) is 8.42 Å². The lowest BCUT2D eigenvalue weighted by Gasteiger charge is -2.18. The van der Waals surface area contributed by atoms with Gasteiger partial charge in [-0.1, -0.05) is 12.1 Å². The van der Waals surface area contributed by atoms with Gasteiger partial charge in [0.25, 0.3) is 10.0 Å². The summed E-state index contributed by atoms with van der Waals surface area (Å²) in [7, 11) is -3.67. The Morgan fingerprint density at radius 1 is 1.10 bits per heavy atom. The van der Waals surface area contributed by atoms with Crippen LogP contribution in [-0.2, 0) is 10.0 Å². The number of sulfonamides is 1. The molecule has 108 valence electrons. The lowest BCUT2D eigenvalue weighted by Crippen LogP contribution is -2.22. The fourth-order valence-corrected chi connectivity index (χ4v) is 3.25. The highest BCUT2D eigenvalue weighted by atomic mass is 32.2. The lowest BCUT2D eigenvalue weighted by atomic mass is 10.2. The minimum absolute atomic E-state index is 0.194. The highest BCUT2D eigenvalue weighted by Crippen LogP contribution is 2.28. The zero-order valence-electron chi connectivity index (χ0n) is 11.4. The first-order chi connectivity index (χ1) is 10.1.